The zero-order chi connectivity index (χ0) is 14.5. The maximum absolute atomic E-state index is 12.1. The molecule has 0 aliphatic rings. The van der Waals surface area contributed by atoms with Crippen molar-refractivity contribution in [3.63, 3.8) is 0 Å². The Morgan fingerprint density at radius 1 is 1.11 bits per heavy atom. The van der Waals surface area contributed by atoms with E-state index in [1.54, 1.807) is 11.5 Å². The Balaban J connectivity index is 3.17. The smallest absolute Gasteiger partial charge is 0.443 e. The highest BCUT2D eigenvalue weighted by atomic mass is 32.2. The van der Waals surface area contributed by atoms with E-state index in [1.165, 1.54) is 24.3 Å². The fourth-order valence-corrected chi connectivity index (χ4v) is 2.29. The number of carbonyl (C=O) groups excluding carboxylic acids is 2. The van der Waals surface area contributed by atoms with Crippen LogP contribution in [-0.2, 0) is 19.5 Å². The van der Waals surface area contributed by atoms with E-state index in [2.05, 4.69) is 9.47 Å². The van der Waals surface area contributed by atoms with Crippen molar-refractivity contribution in [3.8, 4) is 0 Å². The van der Waals surface area contributed by atoms with Gasteiger partial charge in [0.15, 0.2) is 0 Å². The van der Waals surface area contributed by atoms with E-state index in [-0.39, 0.29) is 9.31 Å². The molecule has 0 saturated heterocycles. The van der Waals surface area contributed by atoms with Gasteiger partial charge >= 0.3 is 12.2 Å². The van der Waals surface area contributed by atoms with Gasteiger partial charge < -0.3 is 9.47 Å². The van der Waals surface area contributed by atoms with Crippen LogP contribution < -0.4 is 5.43 Å². The van der Waals surface area contributed by atoms with Crippen molar-refractivity contribution in [2.75, 3.05) is 14.2 Å². The number of benzene rings is 1. The second-order valence-corrected chi connectivity index (χ2v) is 4.94. The summed E-state index contributed by atoms with van der Waals surface area (Å²) in [5.41, 5.74) is 1.77. The zero-order valence-corrected chi connectivity index (χ0v) is 11.0. The van der Waals surface area contributed by atoms with Gasteiger partial charge in [0.05, 0.1) is 19.1 Å². The summed E-state index contributed by atoms with van der Waals surface area (Å²) in [6.07, 6.45) is -2.39. The van der Waals surface area contributed by atoms with Crippen LogP contribution in [0, 0.1) is 0 Å². The Labute approximate surface area is 109 Å². The van der Waals surface area contributed by atoms with E-state index in [0.717, 1.165) is 14.2 Å². The summed E-state index contributed by atoms with van der Waals surface area (Å²) in [7, 11) is -2.26. The summed E-state index contributed by atoms with van der Waals surface area (Å²) >= 11 is 0. The van der Waals surface area contributed by atoms with E-state index >= 15 is 0 Å². The first-order valence-electron chi connectivity index (χ1n) is 4.96. The number of sulfonamides is 1. The molecule has 0 aliphatic heterocycles. The van der Waals surface area contributed by atoms with E-state index in [1.807, 2.05) is 0 Å². The van der Waals surface area contributed by atoms with Gasteiger partial charge in [-0.25, -0.2) is 15.0 Å². The lowest BCUT2D eigenvalue weighted by Crippen LogP contribution is -2.49. The van der Waals surface area contributed by atoms with Gasteiger partial charge in [-0.1, -0.05) is 18.2 Å². The minimum atomic E-state index is -4.27. The minimum absolute atomic E-state index is 0.0637. The van der Waals surface area contributed by atoms with Crippen LogP contribution in [0.2, 0.25) is 0 Å². The first kappa shape index (κ1) is 14.8. The molecule has 1 N–H and O–H groups in total. The molecule has 0 aromatic heterocycles. The number of nitrogens with zero attached hydrogens (tertiary/aromatic N) is 1. The molecule has 0 saturated carbocycles. The van der Waals surface area contributed by atoms with Gasteiger partial charge in [-0.3, -0.25) is 0 Å². The van der Waals surface area contributed by atoms with Crippen LogP contribution in [0.3, 0.4) is 0 Å². The number of carbonyl (C=O) groups is 2. The maximum Gasteiger partial charge on any atom is 0.443 e. The normalized spacial score (nSPS) is 10.4. The summed E-state index contributed by atoms with van der Waals surface area (Å²) in [5, 5.41) is 0. The van der Waals surface area contributed by atoms with Crippen molar-refractivity contribution in [1.82, 2.24) is 9.84 Å². The van der Waals surface area contributed by atoms with Crippen molar-refractivity contribution >= 4 is 22.2 Å². The fourth-order valence-electron chi connectivity index (χ4n) is 1.11. The lowest BCUT2D eigenvalue weighted by Gasteiger charge is -2.20. The minimum Gasteiger partial charge on any atom is -0.452 e. The highest BCUT2D eigenvalue weighted by Crippen LogP contribution is 2.14. The number of hydrazine groups is 1. The third-order valence-electron chi connectivity index (χ3n) is 2.00. The van der Waals surface area contributed by atoms with E-state index in [0.29, 0.717) is 0 Å². The number of ether oxygens (including phenoxy) is 2. The molecule has 1 aromatic rings. The molecule has 0 atom stereocenters. The van der Waals surface area contributed by atoms with Gasteiger partial charge in [0, 0.05) is 0 Å². The van der Waals surface area contributed by atoms with Crippen molar-refractivity contribution in [2.24, 2.45) is 0 Å². The Morgan fingerprint density at radius 3 is 2.16 bits per heavy atom. The number of rotatable bonds is 2. The predicted octanol–water partition coefficient (Wildman–Crippen LogP) is 0.715. The maximum atomic E-state index is 12.1. The monoisotopic (exact) mass is 288 g/mol. The van der Waals surface area contributed by atoms with Crippen LogP contribution in [0.5, 0.6) is 0 Å². The standard InChI is InChI=1S/C10H12N2O6S/c1-17-9(13)11-12(10(14)18-2)19(15,16)8-6-4-3-5-7-8/h3-7H,1-2H3,(H,11,13). The largest absolute Gasteiger partial charge is 0.452 e. The molecule has 8 nitrogen and oxygen atoms in total. The first-order chi connectivity index (χ1) is 8.93. The van der Waals surface area contributed by atoms with Gasteiger partial charge in [-0.15, -0.1) is 4.41 Å². The SMILES string of the molecule is COC(=O)NN(C(=O)OC)S(=O)(=O)c1ccccc1. The van der Waals surface area contributed by atoms with E-state index < -0.39 is 22.2 Å². The second kappa shape index (κ2) is 6.05. The molecule has 0 unspecified atom stereocenters. The molecule has 0 aliphatic carbocycles. The number of hydrogen-bond donors (Lipinski definition) is 1. The molecule has 19 heavy (non-hydrogen) atoms. The van der Waals surface area contributed by atoms with Crippen LogP contribution >= 0.6 is 0 Å². The molecule has 2 amide bonds. The molecular weight excluding hydrogens is 276 g/mol. The molecule has 0 radical (unpaired) electrons. The van der Waals surface area contributed by atoms with Crippen LogP contribution in [0.4, 0.5) is 9.59 Å². The van der Waals surface area contributed by atoms with Crippen molar-refractivity contribution in [2.45, 2.75) is 4.90 Å². The van der Waals surface area contributed by atoms with Crippen LogP contribution in [-0.4, -0.2) is 39.2 Å². The average Bonchev–Trinajstić information content (AvgIpc) is 2.44. The molecule has 104 valence electrons. The van der Waals surface area contributed by atoms with Crippen molar-refractivity contribution in [3.05, 3.63) is 30.3 Å². The van der Waals surface area contributed by atoms with Gasteiger partial charge in [-0.05, 0) is 12.1 Å². The molecule has 0 heterocycles. The fraction of sp³-hybridized carbons (Fsp3) is 0.200. The number of amides is 2. The Morgan fingerprint density at radius 2 is 1.68 bits per heavy atom. The Hall–Kier alpha value is -2.29. The highest BCUT2D eigenvalue weighted by Gasteiger charge is 2.32. The highest BCUT2D eigenvalue weighted by molar-refractivity contribution is 7.89. The first-order valence-corrected chi connectivity index (χ1v) is 6.40. The molecule has 0 spiro atoms. The summed E-state index contributed by atoms with van der Waals surface area (Å²) < 4.78 is 32.9. The van der Waals surface area contributed by atoms with Crippen molar-refractivity contribution in [1.29, 1.82) is 0 Å². The van der Waals surface area contributed by atoms with Crippen molar-refractivity contribution < 1.29 is 27.5 Å². The lowest BCUT2D eigenvalue weighted by molar-refractivity contribution is 0.120. The molecule has 0 fully saturated rings. The van der Waals surface area contributed by atoms with Crippen LogP contribution in [0.1, 0.15) is 0 Å². The Bertz CT molecular complexity index is 557. The van der Waals surface area contributed by atoms with Crippen LogP contribution in [0.15, 0.2) is 35.2 Å². The van der Waals surface area contributed by atoms with Gasteiger partial charge in [0.25, 0.3) is 10.0 Å². The van der Waals surface area contributed by atoms with Crippen LogP contribution in [0.25, 0.3) is 0 Å². The third kappa shape index (κ3) is 3.35. The summed E-state index contributed by atoms with van der Waals surface area (Å²) in [5.74, 6) is 0. The van der Waals surface area contributed by atoms with Gasteiger partial charge in [0.2, 0.25) is 0 Å². The second-order valence-electron chi connectivity index (χ2n) is 3.16. The lowest BCUT2D eigenvalue weighted by atomic mass is 10.4. The number of methoxy groups -OCH3 is 2. The molecule has 1 rings (SSSR count). The topological polar surface area (TPSA) is 102 Å². The molecule has 1 aromatic carbocycles. The van der Waals surface area contributed by atoms with E-state index in [9.17, 15) is 18.0 Å². The predicted molar refractivity (Wildman–Crippen MR) is 63.4 cm³/mol. The Kier molecular flexibility index (Phi) is 4.70. The summed E-state index contributed by atoms with van der Waals surface area (Å²) in [4.78, 5) is 22.3. The number of nitrogens with one attached hydrogen (secondary N) is 1. The summed E-state index contributed by atoms with van der Waals surface area (Å²) in [6.45, 7) is 0. The summed E-state index contributed by atoms with van der Waals surface area (Å²) in [6, 6.07) is 7.09. The third-order valence-corrected chi connectivity index (χ3v) is 3.59. The number of hydrogen-bond acceptors (Lipinski definition) is 6. The van der Waals surface area contributed by atoms with Gasteiger partial charge in [0.1, 0.15) is 0 Å². The molecule has 9 heteroatoms. The molecule has 0 bridgehead atoms. The van der Waals surface area contributed by atoms with Gasteiger partial charge in [-0.2, -0.15) is 8.42 Å². The van der Waals surface area contributed by atoms with E-state index in [4.69, 9.17) is 0 Å². The molecular formula is C10H12N2O6S. The zero-order valence-electron chi connectivity index (χ0n) is 10.2. The quantitative estimate of drug-likeness (QED) is 0.804. The average molecular weight is 288 g/mol.